The minimum Gasteiger partial charge on any atom is -0.448 e. The van der Waals surface area contributed by atoms with Crippen molar-refractivity contribution in [2.45, 2.75) is 39.0 Å². The van der Waals surface area contributed by atoms with Gasteiger partial charge in [-0.05, 0) is 44.7 Å². The highest BCUT2D eigenvalue weighted by molar-refractivity contribution is 6.58. The molecular formula is C10H20BF3N-. The molecule has 5 heteroatoms. The summed E-state index contributed by atoms with van der Waals surface area (Å²) in [6, 6.07) is 0. The lowest BCUT2D eigenvalue weighted by Crippen LogP contribution is -2.38. The molecule has 1 aliphatic heterocycles. The average Bonchev–Trinajstić information content (AvgIpc) is 2.29. The Balaban J connectivity index is 2.32. The molecule has 1 aliphatic rings. The Morgan fingerprint density at radius 1 is 1.20 bits per heavy atom. The number of hydrogen-bond donors (Lipinski definition) is 0. The summed E-state index contributed by atoms with van der Waals surface area (Å²) < 4.78 is 36.7. The summed E-state index contributed by atoms with van der Waals surface area (Å²) in [4.78, 5) is 1.58. The molecule has 1 rings (SSSR count). The second kappa shape index (κ2) is 5.78. The third kappa shape index (κ3) is 5.45. The SMILES string of the molecule is CCCC1CCCN(C[B-](F)(F)F)CC1. The van der Waals surface area contributed by atoms with E-state index in [9.17, 15) is 12.9 Å². The molecule has 1 nitrogen and oxygen atoms in total. The largest absolute Gasteiger partial charge is 0.492 e. The van der Waals surface area contributed by atoms with Gasteiger partial charge in [0.05, 0.1) is 0 Å². The molecule has 15 heavy (non-hydrogen) atoms. The van der Waals surface area contributed by atoms with Crippen LogP contribution in [0.2, 0.25) is 0 Å². The number of nitrogens with zero attached hydrogens (tertiary/aromatic N) is 1. The predicted octanol–water partition coefficient (Wildman–Crippen LogP) is 3.28. The molecule has 0 aromatic rings. The minimum atomic E-state index is -4.64. The van der Waals surface area contributed by atoms with Gasteiger partial charge in [-0.1, -0.05) is 19.8 Å². The zero-order valence-corrected chi connectivity index (χ0v) is 9.39. The van der Waals surface area contributed by atoms with Crippen LogP contribution in [0.5, 0.6) is 0 Å². The first-order chi connectivity index (χ1) is 7.01. The van der Waals surface area contributed by atoms with Gasteiger partial charge in [0.25, 0.3) is 0 Å². The summed E-state index contributed by atoms with van der Waals surface area (Å²) in [6.07, 6.45) is 4.63. The van der Waals surface area contributed by atoms with Crippen molar-refractivity contribution in [2.24, 2.45) is 5.92 Å². The summed E-state index contributed by atoms with van der Waals surface area (Å²) >= 11 is 0. The van der Waals surface area contributed by atoms with E-state index in [1.807, 2.05) is 0 Å². The van der Waals surface area contributed by atoms with Crippen LogP contribution in [0.4, 0.5) is 12.9 Å². The lowest BCUT2D eigenvalue weighted by atomic mass is 9.91. The van der Waals surface area contributed by atoms with Crippen molar-refractivity contribution in [2.75, 3.05) is 19.5 Å². The van der Waals surface area contributed by atoms with Crippen molar-refractivity contribution in [1.29, 1.82) is 0 Å². The zero-order valence-electron chi connectivity index (χ0n) is 9.39. The summed E-state index contributed by atoms with van der Waals surface area (Å²) in [6.45, 7) is -1.24. The van der Waals surface area contributed by atoms with Crippen LogP contribution in [0.1, 0.15) is 39.0 Å². The fourth-order valence-corrected chi connectivity index (χ4v) is 2.40. The van der Waals surface area contributed by atoms with Gasteiger partial charge < -0.3 is 17.8 Å². The van der Waals surface area contributed by atoms with Gasteiger partial charge in [0, 0.05) is 0 Å². The molecule has 0 aromatic heterocycles. The van der Waals surface area contributed by atoms with Crippen LogP contribution >= 0.6 is 0 Å². The van der Waals surface area contributed by atoms with Crippen molar-refractivity contribution in [3.8, 4) is 0 Å². The van der Waals surface area contributed by atoms with Gasteiger partial charge in [-0.25, -0.2) is 0 Å². The Morgan fingerprint density at radius 3 is 2.53 bits per heavy atom. The van der Waals surface area contributed by atoms with Gasteiger partial charge in [-0.2, -0.15) is 0 Å². The minimum absolute atomic E-state index is 0.626. The molecule has 1 fully saturated rings. The maximum atomic E-state index is 12.2. The van der Waals surface area contributed by atoms with Crippen molar-refractivity contribution in [1.82, 2.24) is 4.90 Å². The van der Waals surface area contributed by atoms with Crippen LogP contribution in [0.3, 0.4) is 0 Å². The Morgan fingerprint density at radius 2 is 1.93 bits per heavy atom. The molecule has 0 saturated carbocycles. The smallest absolute Gasteiger partial charge is 0.448 e. The van der Waals surface area contributed by atoms with Gasteiger partial charge >= 0.3 is 6.98 Å². The van der Waals surface area contributed by atoms with E-state index in [0.717, 1.165) is 25.7 Å². The summed E-state index contributed by atoms with van der Waals surface area (Å²) in [5.41, 5.74) is 0. The second-order valence-corrected chi connectivity index (χ2v) is 4.60. The maximum absolute atomic E-state index is 12.2. The highest BCUT2D eigenvalue weighted by Crippen LogP contribution is 2.23. The lowest BCUT2D eigenvalue weighted by molar-refractivity contribution is 0.283. The normalized spacial score (nSPS) is 25.2. The van der Waals surface area contributed by atoms with E-state index in [1.54, 1.807) is 4.90 Å². The first-order valence-corrected chi connectivity index (χ1v) is 5.94. The Hall–Kier alpha value is -0.185. The molecule has 0 spiro atoms. The number of halogens is 3. The summed E-state index contributed by atoms with van der Waals surface area (Å²) in [5, 5.41) is 0. The molecule has 0 amide bonds. The standard InChI is InChI=1S/C10H20BF3N/c1-2-4-10-5-3-7-15(8-6-10)9-11(12,13)14/h10H,2-9H2,1H3/q-1. The molecule has 0 radical (unpaired) electrons. The van der Waals surface area contributed by atoms with Crippen LogP contribution < -0.4 is 0 Å². The van der Waals surface area contributed by atoms with E-state index >= 15 is 0 Å². The highest BCUT2D eigenvalue weighted by Gasteiger charge is 2.27. The van der Waals surface area contributed by atoms with Gasteiger partial charge in [0.15, 0.2) is 0 Å². The maximum Gasteiger partial charge on any atom is 0.492 e. The molecule has 1 saturated heterocycles. The highest BCUT2D eigenvalue weighted by atomic mass is 19.4. The fourth-order valence-electron chi connectivity index (χ4n) is 2.40. The molecular weight excluding hydrogens is 202 g/mol. The van der Waals surface area contributed by atoms with Crippen LogP contribution in [0.15, 0.2) is 0 Å². The number of hydrogen-bond acceptors (Lipinski definition) is 1. The monoisotopic (exact) mass is 222 g/mol. The van der Waals surface area contributed by atoms with E-state index in [4.69, 9.17) is 0 Å². The fraction of sp³-hybridized carbons (Fsp3) is 1.00. The van der Waals surface area contributed by atoms with Crippen LogP contribution in [-0.4, -0.2) is 31.4 Å². The van der Waals surface area contributed by atoms with Gasteiger partial charge in [-0.15, -0.1) is 0 Å². The van der Waals surface area contributed by atoms with Crippen LogP contribution in [0, 0.1) is 5.92 Å². The van der Waals surface area contributed by atoms with Gasteiger partial charge in [0.1, 0.15) is 0 Å². The zero-order chi connectivity index (χ0) is 11.3. The first kappa shape index (κ1) is 12.9. The molecule has 0 bridgehead atoms. The van der Waals surface area contributed by atoms with Crippen LogP contribution in [0.25, 0.3) is 0 Å². The molecule has 90 valence electrons. The van der Waals surface area contributed by atoms with Crippen molar-refractivity contribution < 1.29 is 12.9 Å². The van der Waals surface area contributed by atoms with E-state index in [2.05, 4.69) is 6.92 Å². The average molecular weight is 222 g/mol. The topological polar surface area (TPSA) is 3.24 Å². The van der Waals surface area contributed by atoms with E-state index in [-0.39, 0.29) is 0 Å². The molecule has 0 aliphatic carbocycles. The first-order valence-electron chi connectivity index (χ1n) is 5.94. The molecule has 1 atom stereocenters. The Bertz CT molecular complexity index is 184. The molecule has 1 unspecified atom stereocenters. The Labute approximate surface area is 90.1 Å². The quantitative estimate of drug-likeness (QED) is 0.659. The Kier molecular flexibility index (Phi) is 4.96. The number of rotatable bonds is 4. The van der Waals surface area contributed by atoms with Crippen LogP contribution in [-0.2, 0) is 0 Å². The van der Waals surface area contributed by atoms with Crippen molar-refractivity contribution >= 4 is 6.98 Å². The van der Waals surface area contributed by atoms with E-state index in [0.29, 0.717) is 19.0 Å². The lowest BCUT2D eigenvalue weighted by Gasteiger charge is -2.26. The molecule has 0 aromatic carbocycles. The third-order valence-corrected chi connectivity index (χ3v) is 3.10. The summed E-state index contributed by atoms with van der Waals surface area (Å²) in [5.74, 6) is 0.653. The second-order valence-electron chi connectivity index (χ2n) is 4.60. The van der Waals surface area contributed by atoms with E-state index < -0.39 is 13.4 Å². The molecule has 0 N–H and O–H groups in total. The number of likely N-dealkylation sites (tertiary alicyclic amines) is 1. The third-order valence-electron chi connectivity index (χ3n) is 3.10. The summed E-state index contributed by atoms with van der Waals surface area (Å²) in [7, 11) is 0. The van der Waals surface area contributed by atoms with Crippen molar-refractivity contribution in [3.05, 3.63) is 0 Å². The van der Waals surface area contributed by atoms with Gasteiger partial charge in [-0.3, -0.25) is 0 Å². The van der Waals surface area contributed by atoms with Crippen molar-refractivity contribution in [3.63, 3.8) is 0 Å². The van der Waals surface area contributed by atoms with E-state index in [1.165, 1.54) is 6.42 Å². The van der Waals surface area contributed by atoms with Gasteiger partial charge in [0.2, 0.25) is 0 Å². The predicted molar refractivity (Wildman–Crippen MR) is 57.8 cm³/mol. The molecule has 1 heterocycles.